The van der Waals surface area contributed by atoms with Gasteiger partial charge in [-0.3, -0.25) is 9.59 Å². The molecule has 1 amide bonds. The Bertz CT molecular complexity index is 1920. The molecule has 5 aromatic rings. The summed E-state index contributed by atoms with van der Waals surface area (Å²) in [7, 11) is 5.15. The molecule has 11 nitrogen and oxygen atoms in total. The minimum absolute atomic E-state index is 0.0430. The monoisotopic (exact) mass is 614 g/mol. The Morgan fingerprint density at radius 3 is 2.66 bits per heavy atom. The molecule has 1 N–H and O–H groups in total. The fraction of sp³-hybridized carbons (Fsp3) is 0.375. The van der Waals surface area contributed by atoms with Gasteiger partial charge in [-0.05, 0) is 31.0 Å². The molecule has 0 unspecified atom stereocenters. The maximum absolute atomic E-state index is 13.1. The number of thiophene rings is 1. The molecule has 0 spiro atoms. The maximum Gasteiger partial charge on any atom is 0.270 e. The number of hydrogen-bond donors (Lipinski definition) is 1. The molecule has 1 aliphatic carbocycles. The van der Waals surface area contributed by atoms with Gasteiger partial charge in [0.1, 0.15) is 21.8 Å². The molecule has 12 heteroatoms. The number of carbonyl (C=O) groups excluding carboxylic acids is 1. The number of nitrogens with zero attached hydrogens (tertiary/aromatic N) is 5. The van der Waals surface area contributed by atoms with Crippen molar-refractivity contribution in [2.75, 3.05) is 57.7 Å². The topological polar surface area (TPSA) is 115 Å². The second-order valence-corrected chi connectivity index (χ2v) is 12.3. The SMILES string of the molecule is COc1cc(Nc2ncc3cc(C(=O)N(C)C)n(C4CCCC4)c3n2)ccc1-c1csc2c(=O)cc(N3CCOCC3)oc12. The van der Waals surface area contributed by atoms with Gasteiger partial charge in [-0.25, -0.2) is 4.98 Å². The van der Waals surface area contributed by atoms with E-state index in [4.69, 9.17) is 18.9 Å². The third kappa shape index (κ3) is 5.07. The first-order valence-corrected chi connectivity index (χ1v) is 15.7. The largest absolute Gasteiger partial charge is 0.496 e. The second kappa shape index (κ2) is 11.6. The van der Waals surface area contributed by atoms with Gasteiger partial charge in [0, 0.05) is 79.1 Å². The lowest BCUT2D eigenvalue weighted by atomic mass is 10.1. The summed E-state index contributed by atoms with van der Waals surface area (Å²) in [5.41, 5.74) is 4.22. The highest BCUT2D eigenvalue weighted by Gasteiger charge is 2.27. The number of benzene rings is 1. The zero-order valence-corrected chi connectivity index (χ0v) is 25.8. The summed E-state index contributed by atoms with van der Waals surface area (Å²) < 4.78 is 20.3. The number of methoxy groups -OCH3 is 1. The third-order valence-corrected chi connectivity index (χ3v) is 9.37. The molecule has 1 saturated carbocycles. The van der Waals surface area contributed by atoms with Gasteiger partial charge in [0.05, 0.1) is 20.3 Å². The summed E-state index contributed by atoms with van der Waals surface area (Å²) in [5.74, 6) is 1.55. The molecule has 1 aromatic carbocycles. The zero-order valence-electron chi connectivity index (χ0n) is 25.0. The van der Waals surface area contributed by atoms with Gasteiger partial charge in [0.2, 0.25) is 11.4 Å². The minimum Gasteiger partial charge on any atom is -0.496 e. The van der Waals surface area contributed by atoms with E-state index in [2.05, 4.69) is 14.9 Å². The van der Waals surface area contributed by atoms with Gasteiger partial charge in [-0.15, -0.1) is 11.3 Å². The van der Waals surface area contributed by atoms with Crippen LogP contribution in [0.1, 0.15) is 42.2 Å². The van der Waals surface area contributed by atoms with Gasteiger partial charge in [-0.1, -0.05) is 12.8 Å². The van der Waals surface area contributed by atoms with Crippen LogP contribution in [0, 0.1) is 0 Å². The van der Waals surface area contributed by atoms with Crippen LogP contribution in [0.5, 0.6) is 5.75 Å². The number of carbonyl (C=O) groups is 1. The number of rotatable bonds is 7. The van der Waals surface area contributed by atoms with Crippen molar-refractivity contribution in [1.29, 1.82) is 0 Å². The van der Waals surface area contributed by atoms with Crippen molar-refractivity contribution in [1.82, 2.24) is 19.4 Å². The molecule has 228 valence electrons. The quantitative estimate of drug-likeness (QED) is 0.248. The second-order valence-electron chi connectivity index (χ2n) is 11.4. The predicted octanol–water partition coefficient (Wildman–Crippen LogP) is 5.67. The molecule has 1 saturated heterocycles. The predicted molar refractivity (Wildman–Crippen MR) is 172 cm³/mol. The highest BCUT2D eigenvalue weighted by molar-refractivity contribution is 7.17. The highest BCUT2D eigenvalue weighted by Crippen LogP contribution is 2.41. The summed E-state index contributed by atoms with van der Waals surface area (Å²) in [6.07, 6.45) is 6.08. The first-order chi connectivity index (χ1) is 21.4. The Kier molecular flexibility index (Phi) is 7.47. The molecule has 2 fully saturated rings. The van der Waals surface area contributed by atoms with Crippen molar-refractivity contribution in [2.45, 2.75) is 31.7 Å². The van der Waals surface area contributed by atoms with Crippen molar-refractivity contribution >= 4 is 56.1 Å². The average Bonchev–Trinajstić information content (AvgIpc) is 3.80. The average molecular weight is 615 g/mol. The van der Waals surface area contributed by atoms with Crippen LogP contribution in [0.25, 0.3) is 32.4 Å². The molecule has 5 heterocycles. The number of amides is 1. The summed E-state index contributed by atoms with van der Waals surface area (Å²) >= 11 is 1.37. The molecular weight excluding hydrogens is 580 g/mol. The molecular formula is C32H34N6O5S. The maximum atomic E-state index is 13.1. The summed E-state index contributed by atoms with van der Waals surface area (Å²) in [6, 6.07) is 9.45. The first-order valence-electron chi connectivity index (χ1n) is 14.8. The lowest BCUT2D eigenvalue weighted by molar-refractivity contribution is 0.0815. The van der Waals surface area contributed by atoms with Crippen molar-refractivity contribution < 1.29 is 18.7 Å². The first kappa shape index (κ1) is 28.4. The molecule has 4 aromatic heterocycles. The zero-order chi connectivity index (χ0) is 30.4. The number of aromatic nitrogens is 3. The van der Waals surface area contributed by atoms with Gasteiger partial charge in [0.15, 0.2) is 11.5 Å². The molecule has 0 bridgehead atoms. The van der Waals surface area contributed by atoms with Crippen LogP contribution in [-0.2, 0) is 4.74 Å². The summed E-state index contributed by atoms with van der Waals surface area (Å²) in [5, 5.41) is 6.09. The van der Waals surface area contributed by atoms with Gasteiger partial charge >= 0.3 is 0 Å². The molecule has 7 rings (SSSR count). The van der Waals surface area contributed by atoms with Crippen molar-refractivity contribution in [3.05, 3.63) is 57.8 Å². The molecule has 0 radical (unpaired) electrons. The third-order valence-electron chi connectivity index (χ3n) is 8.39. The lowest BCUT2D eigenvalue weighted by Gasteiger charge is -2.27. The smallest absolute Gasteiger partial charge is 0.270 e. The van der Waals surface area contributed by atoms with Crippen LogP contribution >= 0.6 is 11.3 Å². The van der Waals surface area contributed by atoms with Crippen LogP contribution in [0.2, 0.25) is 0 Å². The summed E-state index contributed by atoms with van der Waals surface area (Å²) in [6.45, 7) is 2.53. The van der Waals surface area contributed by atoms with Gasteiger partial charge in [0.25, 0.3) is 5.91 Å². The number of ether oxygens (including phenoxy) is 2. The van der Waals surface area contributed by atoms with E-state index in [-0.39, 0.29) is 17.4 Å². The Morgan fingerprint density at radius 2 is 1.91 bits per heavy atom. The number of anilines is 3. The van der Waals surface area contributed by atoms with E-state index in [9.17, 15) is 9.59 Å². The van der Waals surface area contributed by atoms with Crippen LogP contribution in [0.3, 0.4) is 0 Å². The van der Waals surface area contributed by atoms with E-state index in [1.807, 2.05) is 34.5 Å². The minimum atomic E-state index is -0.0634. The highest BCUT2D eigenvalue weighted by atomic mass is 32.1. The number of morpholine rings is 1. The van der Waals surface area contributed by atoms with Crippen LogP contribution < -0.4 is 20.4 Å². The van der Waals surface area contributed by atoms with Crippen molar-refractivity contribution in [2.24, 2.45) is 0 Å². The van der Waals surface area contributed by atoms with Crippen molar-refractivity contribution in [3.63, 3.8) is 0 Å². The van der Waals surface area contributed by atoms with E-state index in [1.54, 1.807) is 38.4 Å². The van der Waals surface area contributed by atoms with Crippen molar-refractivity contribution in [3.8, 4) is 16.9 Å². The van der Waals surface area contributed by atoms with Gasteiger partial charge in [-0.2, -0.15) is 4.98 Å². The van der Waals surface area contributed by atoms with E-state index < -0.39 is 0 Å². The van der Waals surface area contributed by atoms with E-state index in [0.29, 0.717) is 59.9 Å². The van der Waals surface area contributed by atoms with Crippen LogP contribution in [-0.4, -0.2) is 72.9 Å². The number of hydrogen-bond acceptors (Lipinski definition) is 10. The Hall–Kier alpha value is -4.42. The van der Waals surface area contributed by atoms with E-state index in [0.717, 1.165) is 53.5 Å². The van der Waals surface area contributed by atoms with Gasteiger partial charge < -0.3 is 33.6 Å². The Morgan fingerprint density at radius 1 is 1.11 bits per heavy atom. The molecule has 2 aliphatic rings. The summed E-state index contributed by atoms with van der Waals surface area (Å²) in [4.78, 5) is 39.1. The molecule has 44 heavy (non-hydrogen) atoms. The fourth-order valence-corrected chi connectivity index (χ4v) is 7.07. The Labute approximate surface area is 258 Å². The van der Waals surface area contributed by atoms with E-state index >= 15 is 0 Å². The normalized spacial score (nSPS) is 15.8. The number of fused-ring (bicyclic) bond motifs is 2. The van der Waals surface area contributed by atoms with Crippen LogP contribution in [0.4, 0.5) is 17.5 Å². The van der Waals surface area contributed by atoms with Crippen LogP contribution in [0.15, 0.2) is 51.1 Å². The standard InChI is InChI=1S/C32H34N6O5S/c1-36(2)31(40)24-14-19-17-33-32(35-30(19)38(24)21-6-4-5-7-21)34-20-8-9-22(26(15-20)41-3)23-18-44-29-25(39)16-27(43-28(23)29)37-10-12-42-13-11-37/h8-9,14-18,21H,4-7,10-13H2,1-3H3,(H,33,34,35). The molecule has 0 atom stereocenters. The van der Waals surface area contributed by atoms with E-state index in [1.165, 1.54) is 11.3 Å². The molecule has 1 aliphatic heterocycles. The fourth-order valence-electron chi connectivity index (χ4n) is 6.17. The lowest BCUT2D eigenvalue weighted by Crippen LogP contribution is -2.36. The Balaban J connectivity index is 1.23. The number of nitrogens with one attached hydrogen (secondary N) is 1.